The van der Waals surface area contributed by atoms with Gasteiger partial charge in [-0.1, -0.05) is 0 Å². The summed E-state index contributed by atoms with van der Waals surface area (Å²) >= 11 is 0. The minimum absolute atomic E-state index is 0.0269. The van der Waals surface area contributed by atoms with Gasteiger partial charge in [0, 0.05) is 46.8 Å². The van der Waals surface area contributed by atoms with Crippen LogP contribution in [0.15, 0.2) is 0 Å². The zero-order chi connectivity index (χ0) is 10.9. The first-order chi connectivity index (χ1) is 7.14. The van der Waals surface area contributed by atoms with Crippen molar-refractivity contribution < 1.29 is 4.79 Å². The number of hydrogen-bond acceptors (Lipinski definition) is 3. The lowest BCUT2D eigenvalue weighted by Crippen LogP contribution is -2.48. The van der Waals surface area contributed by atoms with Crippen LogP contribution in [-0.4, -0.2) is 62.5 Å². The Hall–Kier alpha value is -0.610. The van der Waals surface area contributed by atoms with Crippen LogP contribution in [0, 0.1) is 5.41 Å². The Bertz CT molecular complexity index is 242. The molecule has 1 aliphatic heterocycles. The summed E-state index contributed by atoms with van der Waals surface area (Å²) in [5.41, 5.74) is -0.0269. The molecule has 2 rings (SSSR count). The molecule has 1 saturated heterocycles. The summed E-state index contributed by atoms with van der Waals surface area (Å²) in [7, 11) is 3.72. The molecule has 86 valence electrons. The van der Waals surface area contributed by atoms with E-state index < -0.39 is 0 Å². The molecule has 1 aliphatic carbocycles. The van der Waals surface area contributed by atoms with Crippen LogP contribution in [0.3, 0.4) is 0 Å². The lowest BCUT2D eigenvalue weighted by atomic mass is 10.0. The molecular formula is C11H21N3O. The van der Waals surface area contributed by atoms with Crippen molar-refractivity contribution in [2.24, 2.45) is 5.41 Å². The van der Waals surface area contributed by atoms with E-state index in [-0.39, 0.29) is 5.41 Å². The van der Waals surface area contributed by atoms with Crippen LogP contribution in [0.5, 0.6) is 0 Å². The average Bonchev–Trinajstić information content (AvgIpc) is 2.99. The molecule has 0 unspecified atom stereocenters. The molecule has 0 aromatic carbocycles. The van der Waals surface area contributed by atoms with Crippen molar-refractivity contribution in [3.8, 4) is 0 Å². The number of rotatable bonds is 3. The zero-order valence-electron chi connectivity index (χ0n) is 9.75. The number of carbonyl (C=O) groups is 1. The first-order valence-electron chi connectivity index (χ1n) is 5.79. The van der Waals surface area contributed by atoms with Gasteiger partial charge in [-0.15, -0.1) is 0 Å². The number of amides is 1. The summed E-state index contributed by atoms with van der Waals surface area (Å²) in [5.74, 6) is 0.320. The molecule has 1 saturated carbocycles. The van der Waals surface area contributed by atoms with E-state index in [1.165, 1.54) is 0 Å². The summed E-state index contributed by atoms with van der Waals surface area (Å²) in [5, 5.41) is 3.34. The van der Waals surface area contributed by atoms with Gasteiger partial charge in [0.15, 0.2) is 0 Å². The van der Waals surface area contributed by atoms with Crippen molar-refractivity contribution in [2.45, 2.75) is 12.8 Å². The highest BCUT2D eigenvalue weighted by Gasteiger charge is 2.51. The van der Waals surface area contributed by atoms with Gasteiger partial charge in [-0.2, -0.15) is 0 Å². The molecule has 0 aromatic rings. The Morgan fingerprint density at radius 3 is 2.40 bits per heavy atom. The molecule has 0 spiro atoms. The summed E-state index contributed by atoms with van der Waals surface area (Å²) in [6.45, 7) is 5.26. The summed E-state index contributed by atoms with van der Waals surface area (Å²) < 4.78 is 0. The van der Waals surface area contributed by atoms with Gasteiger partial charge in [-0.25, -0.2) is 0 Å². The van der Waals surface area contributed by atoms with Gasteiger partial charge in [0.05, 0.1) is 5.41 Å². The maximum absolute atomic E-state index is 12.0. The van der Waals surface area contributed by atoms with Gasteiger partial charge in [0.25, 0.3) is 0 Å². The number of nitrogens with one attached hydrogen (secondary N) is 1. The first-order valence-corrected chi connectivity index (χ1v) is 5.79. The van der Waals surface area contributed by atoms with Crippen molar-refractivity contribution in [1.82, 2.24) is 15.1 Å². The molecule has 0 aromatic heterocycles. The predicted molar refractivity (Wildman–Crippen MR) is 59.7 cm³/mol. The molecular weight excluding hydrogens is 190 g/mol. The third-order valence-electron chi connectivity index (χ3n) is 3.45. The molecule has 0 radical (unpaired) electrons. The normalized spacial score (nSPS) is 24.9. The third kappa shape index (κ3) is 2.32. The van der Waals surface area contributed by atoms with Gasteiger partial charge in [0.2, 0.25) is 5.91 Å². The van der Waals surface area contributed by atoms with Crippen LogP contribution in [0.2, 0.25) is 0 Å². The van der Waals surface area contributed by atoms with Gasteiger partial charge in [-0.05, 0) is 12.8 Å². The van der Waals surface area contributed by atoms with Gasteiger partial charge in [-0.3, -0.25) is 9.69 Å². The summed E-state index contributed by atoms with van der Waals surface area (Å²) in [6.07, 6.45) is 2.15. The number of nitrogens with zero attached hydrogens (tertiary/aromatic N) is 2. The van der Waals surface area contributed by atoms with Gasteiger partial charge in [0.1, 0.15) is 0 Å². The topological polar surface area (TPSA) is 35.6 Å². The molecule has 0 atom stereocenters. The SMILES string of the molecule is CN(C)C(=O)C1(CN2CCNCC2)CC1. The van der Waals surface area contributed by atoms with E-state index >= 15 is 0 Å². The largest absolute Gasteiger partial charge is 0.348 e. The molecule has 1 N–H and O–H groups in total. The van der Waals surface area contributed by atoms with Crippen molar-refractivity contribution in [1.29, 1.82) is 0 Å². The fraction of sp³-hybridized carbons (Fsp3) is 0.909. The minimum Gasteiger partial charge on any atom is -0.348 e. The molecule has 15 heavy (non-hydrogen) atoms. The molecule has 1 amide bonds. The summed E-state index contributed by atoms with van der Waals surface area (Å²) in [6, 6.07) is 0. The Labute approximate surface area is 91.6 Å². The fourth-order valence-corrected chi connectivity index (χ4v) is 2.36. The van der Waals surface area contributed by atoms with E-state index in [2.05, 4.69) is 10.2 Å². The van der Waals surface area contributed by atoms with E-state index in [0.717, 1.165) is 45.6 Å². The van der Waals surface area contributed by atoms with Crippen LogP contribution in [0.4, 0.5) is 0 Å². The fourth-order valence-electron chi connectivity index (χ4n) is 2.36. The Morgan fingerprint density at radius 2 is 1.93 bits per heavy atom. The molecule has 2 aliphatic rings. The van der Waals surface area contributed by atoms with Crippen molar-refractivity contribution in [2.75, 3.05) is 46.8 Å². The highest BCUT2D eigenvalue weighted by Crippen LogP contribution is 2.47. The smallest absolute Gasteiger partial charge is 0.229 e. The standard InChI is InChI=1S/C11H21N3O/c1-13(2)10(15)11(3-4-11)9-14-7-5-12-6-8-14/h12H,3-9H2,1-2H3. The zero-order valence-corrected chi connectivity index (χ0v) is 9.75. The Balaban J connectivity index is 1.90. The Morgan fingerprint density at radius 1 is 1.33 bits per heavy atom. The number of carbonyl (C=O) groups excluding carboxylic acids is 1. The van der Waals surface area contributed by atoms with Crippen molar-refractivity contribution >= 4 is 5.91 Å². The third-order valence-corrected chi connectivity index (χ3v) is 3.45. The highest BCUT2D eigenvalue weighted by atomic mass is 16.2. The van der Waals surface area contributed by atoms with Crippen LogP contribution in [0.1, 0.15) is 12.8 Å². The number of hydrogen-bond donors (Lipinski definition) is 1. The highest BCUT2D eigenvalue weighted by molar-refractivity contribution is 5.85. The van der Waals surface area contributed by atoms with Gasteiger partial charge >= 0.3 is 0 Å². The number of piperazine rings is 1. The molecule has 0 bridgehead atoms. The molecule has 1 heterocycles. The second kappa shape index (κ2) is 4.10. The lowest BCUT2D eigenvalue weighted by molar-refractivity contribution is -0.135. The quantitative estimate of drug-likeness (QED) is 0.700. The van der Waals surface area contributed by atoms with Crippen LogP contribution in [-0.2, 0) is 4.79 Å². The van der Waals surface area contributed by atoms with Crippen molar-refractivity contribution in [3.63, 3.8) is 0 Å². The van der Waals surface area contributed by atoms with Crippen LogP contribution < -0.4 is 5.32 Å². The lowest BCUT2D eigenvalue weighted by Gasteiger charge is -2.31. The maximum Gasteiger partial charge on any atom is 0.229 e. The molecule has 2 fully saturated rings. The van der Waals surface area contributed by atoms with Gasteiger partial charge < -0.3 is 10.2 Å². The second-order valence-corrected chi connectivity index (χ2v) is 5.01. The second-order valence-electron chi connectivity index (χ2n) is 5.01. The van der Waals surface area contributed by atoms with E-state index in [9.17, 15) is 4.79 Å². The average molecular weight is 211 g/mol. The van der Waals surface area contributed by atoms with Crippen LogP contribution >= 0.6 is 0 Å². The first kappa shape index (κ1) is 10.9. The van der Waals surface area contributed by atoms with Crippen LogP contribution in [0.25, 0.3) is 0 Å². The maximum atomic E-state index is 12.0. The monoisotopic (exact) mass is 211 g/mol. The Kier molecular flexibility index (Phi) is 2.98. The summed E-state index contributed by atoms with van der Waals surface area (Å²) in [4.78, 5) is 16.2. The molecule has 4 nitrogen and oxygen atoms in total. The van der Waals surface area contributed by atoms with Crippen molar-refractivity contribution in [3.05, 3.63) is 0 Å². The van der Waals surface area contributed by atoms with E-state index in [0.29, 0.717) is 5.91 Å². The van der Waals surface area contributed by atoms with E-state index in [1.54, 1.807) is 4.90 Å². The predicted octanol–water partition coefficient (Wildman–Crippen LogP) is -0.240. The minimum atomic E-state index is -0.0269. The van der Waals surface area contributed by atoms with E-state index in [1.807, 2.05) is 14.1 Å². The molecule has 4 heteroatoms. The van der Waals surface area contributed by atoms with E-state index in [4.69, 9.17) is 0 Å².